The second kappa shape index (κ2) is 8.88. The maximum atomic E-state index is 11.9. The van der Waals surface area contributed by atoms with Crippen LogP contribution in [-0.2, 0) is 9.53 Å². The molecule has 3 rings (SSSR count). The molecule has 0 bridgehead atoms. The molecule has 0 aromatic heterocycles. The summed E-state index contributed by atoms with van der Waals surface area (Å²) in [5.74, 6) is 1.09. The molecule has 1 unspecified atom stereocenters. The number of benzene rings is 1. The number of amides is 1. The molecule has 142 valence electrons. The predicted octanol–water partition coefficient (Wildman–Crippen LogP) is 2.77. The van der Waals surface area contributed by atoms with E-state index >= 15 is 0 Å². The van der Waals surface area contributed by atoms with Gasteiger partial charge in [0.1, 0.15) is 12.4 Å². The molecule has 1 aromatic carbocycles. The molecule has 0 aliphatic carbocycles. The number of carbonyl (C=O) groups is 1. The molecule has 6 nitrogen and oxygen atoms in total. The maximum absolute atomic E-state index is 11.9. The van der Waals surface area contributed by atoms with Crippen LogP contribution >= 0.6 is 11.8 Å². The van der Waals surface area contributed by atoms with E-state index < -0.39 is 0 Å². The van der Waals surface area contributed by atoms with Gasteiger partial charge in [-0.15, -0.1) is 0 Å². The molecule has 2 aliphatic heterocycles. The Morgan fingerprint density at radius 2 is 2.15 bits per heavy atom. The van der Waals surface area contributed by atoms with Crippen LogP contribution in [0.4, 0.5) is 5.69 Å². The van der Waals surface area contributed by atoms with E-state index in [1.54, 1.807) is 0 Å². The summed E-state index contributed by atoms with van der Waals surface area (Å²) in [6.45, 7) is 11.3. The van der Waals surface area contributed by atoms with Crippen LogP contribution in [0.2, 0.25) is 0 Å². The largest absolute Gasteiger partial charge is 0.492 e. The highest BCUT2D eigenvalue weighted by atomic mass is 32.2. The molecule has 1 N–H and O–H groups in total. The number of nitrogens with zero attached hydrogens (tertiary/aromatic N) is 2. The van der Waals surface area contributed by atoms with Crippen LogP contribution in [0.3, 0.4) is 0 Å². The second-order valence-corrected chi connectivity index (χ2v) is 8.07. The zero-order chi connectivity index (χ0) is 18.5. The lowest BCUT2D eigenvalue weighted by Gasteiger charge is -2.26. The summed E-state index contributed by atoms with van der Waals surface area (Å²) in [5, 5.41) is 3.87. The van der Waals surface area contributed by atoms with Gasteiger partial charge in [-0.05, 0) is 36.6 Å². The third kappa shape index (κ3) is 4.99. The van der Waals surface area contributed by atoms with E-state index in [-0.39, 0.29) is 17.1 Å². The standard InChI is InChI=1S/C19H27N3O3S/c1-13(2)17-18(23)21-19(26-17)20-16-5-4-15(12-14(16)3)25-11-8-22-6-9-24-10-7-22/h4-5,12-13,17H,6-11H2,1-3H3,(H,20,21,23). The van der Waals surface area contributed by atoms with Gasteiger partial charge in [0.15, 0.2) is 5.17 Å². The number of ether oxygens (including phenoxy) is 2. The fraction of sp³-hybridized carbons (Fsp3) is 0.579. The molecular formula is C19H27N3O3S. The maximum Gasteiger partial charge on any atom is 0.261 e. The lowest BCUT2D eigenvalue weighted by Crippen LogP contribution is -2.38. The van der Waals surface area contributed by atoms with Crippen molar-refractivity contribution in [3.05, 3.63) is 23.8 Å². The summed E-state index contributed by atoms with van der Waals surface area (Å²) < 4.78 is 11.2. The van der Waals surface area contributed by atoms with Crippen molar-refractivity contribution in [2.45, 2.75) is 26.0 Å². The first-order valence-corrected chi connectivity index (χ1v) is 10.0. The van der Waals surface area contributed by atoms with Gasteiger partial charge in [0.2, 0.25) is 0 Å². The normalized spacial score (nSPS) is 21.2. The molecule has 2 heterocycles. The number of aryl methyl sites for hydroxylation is 1. The van der Waals surface area contributed by atoms with Gasteiger partial charge >= 0.3 is 0 Å². The lowest BCUT2D eigenvalue weighted by molar-refractivity contribution is -0.117. The van der Waals surface area contributed by atoms with E-state index in [0.717, 1.165) is 49.8 Å². The number of amidine groups is 1. The van der Waals surface area contributed by atoms with E-state index in [2.05, 4.69) is 15.2 Å². The quantitative estimate of drug-likeness (QED) is 0.822. The Morgan fingerprint density at radius 1 is 1.38 bits per heavy atom. The summed E-state index contributed by atoms with van der Waals surface area (Å²) in [4.78, 5) is 18.4. The average Bonchev–Trinajstić information content (AvgIpc) is 2.99. The molecule has 2 aliphatic rings. The fourth-order valence-electron chi connectivity index (χ4n) is 2.94. The minimum absolute atomic E-state index is 0.0479. The molecule has 7 heteroatoms. The SMILES string of the molecule is Cc1cc(OCCN2CCOCC2)ccc1NC1=NC(=O)C(C(C)C)S1. The minimum Gasteiger partial charge on any atom is -0.492 e. The van der Waals surface area contributed by atoms with Gasteiger partial charge in [-0.25, -0.2) is 0 Å². The van der Waals surface area contributed by atoms with Gasteiger partial charge in [0, 0.05) is 25.3 Å². The zero-order valence-electron chi connectivity index (χ0n) is 15.7. The summed E-state index contributed by atoms with van der Waals surface area (Å²) in [5.41, 5.74) is 2.02. The van der Waals surface area contributed by atoms with Crippen LogP contribution < -0.4 is 10.1 Å². The monoisotopic (exact) mass is 377 g/mol. The van der Waals surface area contributed by atoms with Gasteiger partial charge < -0.3 is 14.8 Å². The van der Waals surface area contributed by atoms with E-state index in [0.29, 0.717) is 11.8 Å². The first kappa shape index (κ1) is 19.2. The van der Waals surface area contributed by atoms with Crippen molar-refractivity contribution in [1.29, 1.82) is 0 Å². The highest BCUT2D eigenvalue weighted by Gasteiger charge is 2.31. The topological polar surface area (TPSA) is 63.2 Å². The second-order valence-electron chi connectivity index (χ2n) is 6.94. The molecule has 1 amide bonds. The average molecular weight is 378 g/mol. The number of morpholine rings is 1. The van der Waals surface area contributed by atoms with Crippen LogP contribution in [-0.4, -0.2) is 60.7 Å². The van der Waals surface area contributed by atoms with Crippen molar-refractivity contribution in [3.8, 4) is 5.75 Å². The third-order valence-electron chi connectivity index (χ3n) is 4.52. The van der Waals surface area contributed by atoms with Gasteiger partial charge in [-0.2, -0.15) is 4.99 Å². The Hall–Kier alpha value is -1.57. The number of hydrogen-bond acceptors (Lipinski definition) is 6. The third-order valence-corrected chi connectivity index (χ3v) is 5.94. The molecule has 0 spiro atoms. The lowest BCUT2D eigenvalue weighted by atomic mass is 10.1. The summed E-state index contributed by atoms with van der Waals surface area (Å²) >= 11 is 1.51. The Balaban J connectivity index is 1.51. The molecule has 1 aromatic rings. The van der Waals surface area contributed by atoms with E-state index in [1.165, 1.54) is 11.8 Å². The molecule has 0 radical (unpaired) electrons. The van der Waals surface area contributed by atoms with Crippen LogP contribution in [0.25, 0.3) is 0 Å². The van der Waals surface area contributed by atoms with Gasteiger partial charge in [0.05, 0.1) is 18.5 Å². The molecule has 1 saturated heterocycles. The number of carbonyl (C=O) groups excluding carboxylic acids is 1. The molecule has 26 heavy (non-hydrogen) atoms. The number of rotatable bonds is 6. The van der Waals surface area contributed by atoms with Crippen LogP contribution in [0.1, 0.15) is 19.4 Å². The molecule has 1 fully saturated rings. The smallest absolute Gasteiger partial charge is 0.261 e. The number of nitrogens with one attached hydrogen (secondary N) is 1. The van der Waals surface area contributed by atoms with E-state index in [9.17, 15) is 4.79 Å². The number of anilines is 1. The van der Waals surface area contributed by atoms with Crippen LogP contribution in [0.15, 0.2) is 23.2 Å². The van der Waals surface area contributed by atoms with Crippen molar-refractivity contribution in [2.24, 2.45) is 10.9 Å². The Labute approximate surface area is 159 Å². The van der Waals surface area contributed by atoms with Crippen molar-refractivity contribution < 1.29 is 14.3 Å². The Bertz CT molecular complexity index is 672. The van der Waals surface area contributed by atoms with Crippen LogP contribution in [0, 0.1) is 12.8 Å². The van der Waals surface area contributed by atoms with Crippen molar-refractivity contribution in [3.63, 3.8) is 0 Å². The highest BCUT2D eigenvalue weighted by molar-refractivity contribution is 8.15. The molecule has 1 atom stereocenters. The highest BCUT2D eigenvalue weighted by Crippen LogP contribution is 2.30. The van der Waals surface area contributed by atoms with Crippen molar-refractivity contribution in [2.75, 3.05) is 44.8 Å². The van der Waals surface area contributed by atoms with Crippen LogP contribution in [0.5, 0.6) is 5.75 Å². The van der Waals surface area contributed by atoms with E-state index in [4.69, 9.17) is 9.47 Å². The number of aliphatic imine (C=N–C) groups is 1. The Morgan fingerprint density at radius 3 is 2.81 bits per heavy atom. The predicted molar refractivity (Wildman–Crippen MR) is 106 cm³/mol. The summed E-state index contributed by atoms with van der Waals surface area (Å²) in [6, 6.07) is 5.95. The first-order chi connectivity index (χ1) is 12.5. The first-order valence-electron chi connectivity index (χ1n) is 9.12. The fourth-order valence-corrected chi connectivity index (χ4v) is 3.92. The van der Waals surface area contributed by atoms with E-state index in [1.807, 2.05) is 39.0 Å². The van der Waals surface area contributed by atoms with Gasteiger partial charge in [-0.1, -0.05) is 25.6 Å². The van der Waals surface area contributed by atoms with Crippen molar-refractivity contribution in [1.82, 2.24) is 4.90 Å². The van der Waals surface area contributed by atoms with Gasteiger partial charge in [-0.3, -0.25) is 9.69 Å². The van der Waals surface area contributed by atoms with Crippen molar-refractivity contribution >= 4 is 28.5 Å². The Kier molecular flexibility index (Phi) is 6.56. The minimum atomic E-state index is -0.0828. The summed E-state index contributed by atoms with van der Waals surface area (Å²) in [7, 11) is 0. The number of thioether (sulfide) groups is 1. The summed E-state index contributed by atoms with van der Waals surface area (Å²) in [6.07, 6.45) is 0. The van der Waals surface area contributed by atoms with Gasteiger partial charge in [0.25, 0.3) is 5.91 Å². The molecular weight excluding hydrogens is 350 g/mol. The molecule has 0 saturated carbocycles. The number of hydrogen-bond donors (Lipinski definition) is 1. The zero-order valence-corrected chi connectivity index (χ0v) is 16.5.